The zero-order valence-corrected chi connectivity index (χ0v) is 10.4. The summed E-state index contributed by atoms with van der Waals surface area (Å²) in [6.07, 6.45) is 0. The summed E-state index contributed by atoms with van der Waals surface area (Å²) in [7, 11) is 2.13. The molecular weight excluding hydrogens is 176 g/mol. The molecule has 0 aromatic heterocycles. The first kappa shape index (κ1) is 13.9. The molecule has 0 heterocycles. The van der Waals surface area contributed by atoms with Crippen LogP contribution in [0.15, 0.2) is 0 Å². The highest BCUT2D eigenvalue weighted by Crippen LogP contribution is 2.05. The van der Waals surface area contributed by atoms with Gasteiger partial charge in [0.15, 0.2) is 0 Å². The van der Waals surface area contributed by atoms with E-state index in [9.17, 15) is 0 Å². The summed E-state index contributed by atoms with van der Waals surface area (Å²) in [6.45, 7) is 13.4. The summed E-state index contributed by atoms with van der Waals surface area (Å²) in [6, 6.07) is 0. The van der Waals surface area contributed by atoms with Gasteiger partial charge in [0.05, 0.1) is 12.2 Å². The van der Waals surface area contributed by atoms with Gasteiger partial charge in [-0.3, -0.25) is 0 Å². The van der Waals surface area contributed by atoms with E-state index in [2.05, 4.69) is 45.0 Å². The van der Waals surface area contributed by atoms with Crippen molar-refractivity contribution in [2.75, 3.05) is 39.8 Å². The zero-order valence-electron chi connectivity index (χ0n) is 10.4. The lowest BCUT2D eigenvalue weighted by Crippen LogP contribution is -2.33. The number of rotatable bonds is 7. The van der Waals surface area contributed by atoms with Crippen LogP contribution in [0.25, 0.3) is 0 Å². The Morgan fingerprint density at radius 3 is 2.36 bits per heavy atom. The lowest BCUT2D eigenvalue weighted by atomic mass is 10.2. The summed E-state index contributed by atoms with van der Waals surface area (Å²) in [5.41, 5.74) is -0.0114. The van der Waals surface area contributed by atoms with E-state index in [1.807, 2.05) is 0 Å². The molecule has 0 fully saturated rings. The van der Waals surface area contributed by atoms with Crippen molar-refractivity contribution in [2.45, 2.75) is 33.3 Å². The highest BCUT2D eigenvalue weighted by Gasteiger charge is 2.09. The molecule has 0 aromatic rings. The Bertz CT molecular complexity index is 132. The van der Waals surface area contributed by atoms with Gasteiger partial charge in [0.25, 0.3) is 0 Å². The smallest absolute Gasteiger partial charge is 0.0600 e. The van der Waals surface area contributed by atoms with Crippen molar-refractivity contribution in [1.29, 1.82) is 0 Å². The minimum absolute atomic E-state index is 0.0114. The van der Waals surface area contributed by atoms with Crippen LogP contribution in [0.2, 0.25) is 0 Å². The fourth-order valence-electron chi connectivity index (χ4n) is 1.07. The molecule has 0 aliphatic rings. The van der Waals surface area contributed by atoms with Crippen LogP contribution in [0, 0.1) is 0 Å². The van der Waals surface area contributed by atoms with Gasteiger partial charge in [-0.2, -0.15) is 0 Å². The maximum atomic E-state index is 5.64. The van der Waals surface area contributed by atoms with E-state index in [-0.39, 0.29) is 5.60 Å². The molecule has 3 nitrogen and oxygen atoms in total. The van der Waals surface area contributed by atoms with Crippen LogP contribution in [-0.2, 0) is 4.74 Å². The monoisotopic (exact) mass is 202 g/mol. The fraction of sp³-hybridized carbons (Fsp3) is 1.00. The first-order valence-electron chi connectivity index (χ1n) is 5.49. The molecule has 0 unspecified atom stereocenters. The summed E-state index contributed by atoms with van der Waals surface area (Å²) in [4.78, 5) is 2.29. The van der Waals surface area contributed by atoms with Crippen LogP contribution in [0.3, 0.4) is 0 Å². The van der Waals surface area contributed by atoms with Gasteiger partial charge < -0.3 is 15.0 Å². The largest absolute Gasteiger partial charge is 0.375 e. The summed E-state index contributed by atoms with van der Waals surface area (Å²) in [5.74, 6) is 0. The third-order valence-electron chi connectivity index (χ3n) is 1.93. The second-order valence-electron chi connectivity index (χ2n) is 4.62. The third kappa shape index (κ3) is 9.96. The van der Waals surface area contributed by atoms with Crippen molar-refractivity contribution in [1.82, 2.24) is 10.2 Å². The van der Waals surface area contributed by atoms with Crippen molar-refractivity contribution < 1.29 is 4.74 Å². The Labute approximate surface area is 88.8 Å². The summed E-state index contributed by atoms with van der Waals surface area (Å²) >= 11 is 0. The maximum Gasteiger partial charge on any atom is 0.0600 e. The van der Waals surface area contributed by atoms with Gasteiger partial charge in [-0.05, 0) is 34.4 Å². The molecule has 86 valence electrons. The normalized spacial score (nSPS) is 12.4. The molecule has 0 aliphatic carbocycles. The predicted octanol–water partition coefficient (Wildman–Crippen LogP) is 1.34. The Kier molecular flexibility index (Phi) is 7.15. The minimum Gasteiger partial charge on any atom is -0.375 e. The Balaban J connectivity index is 3.31. The van der Waals surface area contributed by atoms with Crippen LogP contribution >= 0.6 is 0 Å². The SMILES string of the molecule is CCNCCN(C)CCOC(C)(C)C. The van der Waals surface area contributed by atoms with E-state index in [1.54, 1.807) is 0 Å². The van der Waals surface area contributed by atoms with Crippen LogP contribution < -0.4 is 5.32 Å². The highest BCUT2D eigenvalue weighted by atomic mass is 16.5. The zero-order chi connectivity index (χ0) is 11.0. The highest BCUT2D eigenvalue weighted by molar-refractivity contribution is 4.60. The van der Waals surface area contributed by atoms with Gasteiger partial charge >= 0.3 is 0 Å². The Hall–Kier alpha value is -0.120. The molecule has 0 saturated heterocycles. The lowest BCUT2D eigenvalue weighted by Gasteiger charge is -2.22. The number of nitrogens with zero attached hydrogens (tertiary/aromatic N) is 1. The fourth-order valence-corrected chi connectivity index (χ4v) is 1.07. The van der Waals surface area contributed by atoms with Crippen LogP contribution in [0.1, 0.15) is 27.7 Å². The molecule has 0 spiro atoms. The van der Waals surface area contributed by atoms with Crippen molar-refractivity contribution in [3.05, 3.63) is 0 Å². The molecule has 0 saturated carbocycles. The number of nitrogens with one attached hydrogen (secondary N) is 1. The van der Waals surface area contributed by atoms with Crippen molar-refractivity contribution >= 4 is 0 Å². The van der Waals surface area contributed by atoms with Gasteiger partial charge in [0.1, 0.15) is 0 Å². The van der Waals surface area contributed by atoms with E-state index >= 15 is 0 Å². The molecular formula is C11H26N2O. The molecule has 0 atom stereocenters. The molecule has 0 bridgehead atoms. The van der Waals surface area contributed by atoms with Gasteiger partial charge in [-0.25, -0.2) is 0 Å². The topological polar surface area (TPSA) is 24.5 Å². The standard InChI is InChI=1S/C11H26N2O/c1-6-12-7-8-13(5)9-10-14-11(2,3)4/h12H,6-10H2,1-5H3. The number of hydrogen-bond donors (Lipinski definition) is 1. The van der Waals surface area contributed by atoms with E-state index in [4.69, 9.17) is 4.74 Å². The van der Waals surface area contributed by atoms with Gasteiger partial charge in [0.2, 0.25) is 0 Å². The lowest BCUT2D eigenvalue weighted by molar-refractivity contribution is -0.0105. The van der Waals surface area contributed by atoms with E-state index in [0.717, 1.165) is 32.8 Å². The van der Waals surface area contributed by atoms with Gasteiger partial charge in [-0.15, -0.1) is 0 Å². The van der Waals surface area contributed by atoms with Gasteiger partial charge in [-0.1, -0.05) is 6.92 Å². The Morgan fingerprint density at radius 2 is 1.86 bits per heavy atom. The maximum absolute atomic E-state index is 5.64. The molecule has 0 aromatic carbocycles. The second-order valence-corrected chi connectivity index (χ2v) is 4.62. The number of ether oxygens (including phenoxy) is 1. The predicted molar refractivity (Wildman–Crippen MR) is 61.7 cm³/mol. The van der Waals surface area contributed by atoms with E-state index in [0.29, 0.717) is 0 Å². The van der Waals surface area contributed by atoms with E-state index < -0.39 is 0 Å². The van der Waals surface area contributed by atoms with Crippen molar-refractivity contribution in [3.63, 3.8) is 0 Å². The van der Waals surface area contributed by atoms with Crippen molar-refractivity contribution in [3.8, 4) is 0 Å². The van der Waals surface area contributed by atoms with Crippen LogP contribution in [-0.4, -0.2) is 50.3 Å². The number of likely N-dealkylation sites (N-methyl/N-ethyl adjacent to an activating group) is 2. The Morgan fingerprint density at radius 1 is 1.21 bits per heavy atom. The molecule has 0 amide bonds. The minimum atomic E-state index is -0.0114. The summed E-state index contributed by atoms with van der Waals surface area (Å²) in [5, 5.41) is 3.30. The molecule has 0 aliphatic heterocycles. The molecule has 3 heteroatoms. The average Bonchev–Trinajstić information content (AvgIpc) is 2.02. The van der Waals surface area contributed by atoms with Crippen molar-refractivity contribution in [2.24, 2.45) is 0 Å². The molecule has 0 rings (SSSR count). The first-order valence-corrected chi connectivity index (χ1v) is 5.49. The van der Waals surface area contributed by atoms with Gasteiger partial charge in [0, 0.05) is 19.6 Å². The quantitative estimate of drug-likeness (QED) is 0.631. The van der Waals surface area contributed by atoms with Crippen LogP contribution in [0.4, 0.5) is 0 Å². The molecule has 14 heavy (non-hydrogen) atoms. The molecule has 1 N–H and O–H groups in total. The summed E-state index contributed by atoms with van der Waals surface area (Å²) < 4.78 is 5.64. The first-order chi connectivity index (χ1) is 6.45. The third-order valence-corrected chi connectivity index (χ3v) is 1.93. The number of hydrogen-bond acceptors (Lipinski definition) is 3. The van der Waals surface area contributed by atoms with E-state index in [1.165, 1.54) is 0 Å². The molecule has 0 radical (unpaired) electrons. The van der Waals surface area contributed by atoms with Crippen LogP contribution in [0.5, 0.6) is 0 Å². The second kappa shape index (κ2) is 7.21. The average molecular weight is 202 g/mol.